The summed E-state index contributed by atoms with van der Waals surface area (Å²) < 4.78 is 15.8. The molecule has 0 fully saturated rings. The number of nitrogens with one attached hydrogen (secondary N) is 1. The Morgan fingerprint density at radius 1 is 1.03 bits per heavy atom. The molecule has 186 valence electrons. The molecule has 0 aliphatic rings. The predicted octanol–water partition coefficient (Wildman–Crippen LogP) is 5.10. The largest absolute Gasteiger partial charge is 0.493 e. The van der Waals surface area contributed by atoms with Crippen LogP contribution >= 0.6 is 11.6 Å². The summed E-state index contributed by atoms with van der Waals surface area (Å²) in [5.74, 6) is -0.367. The third-order valence-corrected chi connectivity index (χ3v) is 5.71. The van der Waals surface area contributed by atoms with Crippen LogP contribution in [0, 0.1) is 0 Å². The van der Waals surface area contributed by atoms with E-state index < -0.39 is 11.9 Å². The summed E-state index contributed by atoms with van der Waals surface area (Å²) in [6.07, 6.45) is 4.97. The Bertz CT molecular complexity index is 1290. The molecule has 0 saturated carbocycles. The zero-order chi connectivity index (χ0) is 26.1. The van der Waals surface area contributed by atoms with E-state index in [9.17, 15) is 9.59 Å². The van der Waals surface area contributed by atoms with Gasteiger partial charge in [0.2, 0.25) is 0 Å². The third kappa shape index (κ3) is 6.31. The Hall–Kier alpha value is -4.10. The molecule has 7 nitrogen and oxygen atoms in total. The summed E-state index contributed by atoms with van der Waals surface area (Å²) in [5, 5.41) is 3.17. The molecular weight excluding hydrogens is 480 g/mol. The quantitative estimate of drug-likeness (QED) is 0.247. The zero-order valence-electron chi connectivity index (χ0n) is 20.5. The number of allylic oxidation sites excluding steroid dienone is 1. The number of carbonyl (C=O) groups excluding carboxylic acids is 2. The number of hydrogen-bond acceptors (Lipinski definition) is 6. The number of methoxy groups -OCH3 is 3. The maximum absolute atomic E-state index is 13.5. The van der Waals surface area contributed by atoms with Gasteiger partial charge in [-0.3, -0.25) is 9.78 Å². The van der Waals surface area contributed by atoms with E-state index in [0.717, 1.165) is 11.1 Å². The number of rotatable bonds is 9. The van der Waals surface area contributed by atoms with Crippen LogP contribution < -0.4 is 14.8 Å². The monoisotopic (exact) mass is 506 g/mol. The SMILES string of the molecule is COC(=O)C(C(=Cc1ccccc1)C(=O)NCc1cccnc1)=C(C)c1cc(Cl)c(OC)c(OC)c1. The van der Waals surface area contributed by atoms with Crippen LogP contribution in [0.1, 0.15) is 23.6 Å². The smallest absolute Gasteiger partial charge is 0.338 e. The molecule has 2 aromatic carbocycles. The highest BCUT2D eigenvalue weighted by Gasteiger charge is 2.26. The fraction of sp³-hybridized carbons (Fsp3) is 0.179. The first kappa shape index (κ1) is 26.5. The van der Waals surface area contributed by atoms with Gasteiger partial charge in [-0.1, -0.05) is 48.0 Å². The van der Waals surface area contributed by atoms with Crippen LogP contribution in [0.15, 0.2) is 78.1 Å². The minimum atomic E-state index is -0.669. The molecule has 3 rings (SSSR count). The topological polar surface area (TPSA) is 86.8 Å². The van der Waals surface area contributed by atoms with Crippen LogP contribution in [-0.4, -0.2) is 38.2 Å². The summed E-state index contributed by atoms with van der Waals surface area (Å²) in [4.78, 5) is 30.7. The normalized spacial score (nSPS) is 11.9. The van der Waals surface area contributed by atoms with E-state index in [1.807, 2.05) is 36.4 Å². The van der Waals surface area contributed by atoms with Crippen LogP contribution in [-0.2, 0) is 20.9 Å². The number of nitrogens with zero attached hydrogens (tertiary/aromatic N) is 1. The van der Waals surface area contributed by atoms with E-state index in [4.69, 9.17) is 25.8 Å². The number of esters is 1. The Morgan fingerprint density at radius 3 is 2.39 bits per heavy atom. The highest BCUT2D eigenvalue weighted by molar-refractivity contribution is 6.32. The predicted molar refractivity (Wildman–Crippen MR) is 140 cm³/mol. The molecule has 0 atom stereocenters. The molecule has 0 spiro atoms. The molecule has 0 saturated heterocycles. The summed E-state index contributed by atoms with van der Waals surface area (Å²) in [6.45, 7) is 1.95. The summed E-state index contributed by atoms with van der Waals surface area (Å²) >= 11 is 6.42. The lowest BCUT2D eigenvalue weighted by Crippen LogP contribution is -2.27. The number of benzene rings is 2. The number of ether oxygens (including phenoxy) is 3. The number of hydrogen-bond donors (Lipinski definition) is 1. The van der Waals surface area contributed by atoms with Crippen molar-refractivity contribution in [1.29, 1.82) is 0 Å². The van der Waals surface area contributed by atoms with Crippen molar-refractivity contribution in [2.24, 2.45) is 0 Å². The lowest BCUT2D eigenvalue weighted by atomic mass is 9.93. The number of pyridine rings is 1. The summed E-state index contributed by atoms with van der Waals surface area (Å²) in [7, 11) is 4.25. The molecule has 0 aliphatic heterocycles. The molecule has 0 aliphatic carbocycles. The van der Waals surface area contributed by atoms with Crippen LogP contribution in [0.3, 0.4) is 0 Å². The van der Waals surface area contributed by atoms with Gasteiger partial charge in [0, 0.05) is 18.9 Å². The van der Waals surface area contributed by atoms with Crippen molar-refractivity contribution in [3.05, 3.63) is 99.9 Å². The maximum Gasteiger partial charge on any atom is 0.338 e. The van der Waals surface area contributed by atoms with Crippen molar-refractivity contribution in [2.45, 2.75) is 13.5 Å². The molecule has 36 heavy (non-hydrogen) atoms. The van der Waals surface area contributed by atoms with Crippen LogP contribution in [0.2, 0.25) is 5.02 Å². The molecule has 8 heteroatoms. The number of halogens is 1. The lowest BCUT2D eigenvalue weighted by molar-refractivity contribution is -0.136. The van der Waals surface area contributed by atoms with Crippen LogP contribution in [0.25, 0.3) is 11.6 Å². The Kier molecular flexibility index (Phi) is 9.25. The Morgan fingerprint density at radius 2 is 1.78 bits per heavy atom. The number of carbonyl (C=O) groups is 2. The Labute approximate surface area is 215 Å². The van der Waals surface area contributed by atoms with E-state index in [-0.39, 0.29) is 17.7 Å². The van der Waals surface area contributed by atoms with Crippen molar-refractivity contribution in [3.8, 4) is 11.5 Å². The molecular formula is C28H27ClN2O5. The maximum atomic E-state index is 13.5. The van der Waals surface area contributed by atoms with E-state index in [1.165, 1.54) is 21.3 Å². The minimum Gasteiger partial charge on any atom is -0.493 e. The average Bonchev–Trinajstić information content (AvgIpc) is 2.91. The van der Waals surface area contributed by atoms with Crippen molar-refractivity contribution < 1.29 is 23.8 Å². The second-order valence-electron chi connectivity index (χ2n) is 7.70. The van der Waals surface area contributed by atoms with Crippen LogP contribution in [0.5, 0.6) is 11.5 Å². The Balaban J connectivity index is 2.17. The van der Waals surface area contributed by atoms with Gasteiger partial charge in [-0.05, 0) is 53.5 Å². The van der Waals surface area contributed by atoms with Gasteiger partial charge in [-0.2, -0.15) is 0 Å². The molecule has 1 heterocycles. The first-order valence-electron chi connectivity index (χ1n) is 11.0. The minimum absolute atomic E-state index is 0.0910. The van der Waals surface area contributed by atoms with Gasteiger partial charge in [0.05, 0.1) is 37.5 Å². The first-order chi connectivity index (χ1) is 17.4. The summed E-state index contributed by atoms with van der Waals surface area (Å²) in [6, 6.07) is 16.2. The molecule has 0 bridgehead atoms. The fourth-order valence-electron chi connectivity index (χ4n) is 3.59. The third-order valence-electron chi connectivity index (χ3n) is 5.43. The van der Waals surface area contributed by atoms with E-state index >= 15 is 0 Å². The van der Waals surface area contributed by atoms with Gasteiger partial charge < -0.3 is 19.5 Å². The number of amides is 1. The number of aromatic nitrogens is 1. The van der Waals surface area contributed by atoms with Gasteiger partial charge in [0.1, 0.15) is 0 Å². The zero-order valence-corrected chi connectivity index (χ0v) is 21.3. The molecule has 3 aromatic rings. The standard InChI is InChI=1S/C28H27ClN2O5/c1-18(21-14-23(29)26(35-3)24(15-21)34-2)25(28(33)36-4)22(13-19-9-6-5-7-10-19)27(32)31-17-20-11-8-12-30-16-20/h5-16H,17H2,1-4H3,(H,31,32). The second kappa shape index (κ2) is 12.6. The van der Waals surface area contributed by atoms with Gasteiger partial charge >= 0.3 is 5.97 Å². The fourth-order valence-corrected chi connectivity index (χ4v) is 3.88. The van der Waals surface area contributed by atoms with Gasteiger partial charge in [-0.25, -0.2) is 4.79 Å². The average molecular weight is 507 g/mol. The second-order valence-corrected chi connectivity index (χ2v) is 8.11. The molecule has 1 aromatic heterocycles. The van der Waals surface area contributed by atoms with Crippen molar-refractivity contribution in [3.63, 3.8) is 0 Å². The van der Waals surface area contributed by atoms with Gasteiger partial charge in [-0.15, -0.1) is 0 Å². The first-order valence-corrected chi connectivity index (χ1v) is 11.4. The van der Waals surface area contributed by atoms with Gasteiger partial charge in [0.25, 0.3) is 5.91 Å². The van der Waals surface area contributed by atoms with E-state index in [1.54, 1.807) is 43.6 Å². The van der Waals surface area contributed by atoms with E-state index in [0.29, 0.717) is 27.7 Å². The molecule has 0 radical (unpaired) electrons. The van der Waals surface area contributed by atoms with Crippen molar-refractivity contribution in [1.82, 2.24) is 10.3 Å². The van der Waals surface area contributed by atoms with Gasteiger partial charge in [0.15, 0.2) is 11.5 Å². The highest BCUT2D eigenvalue weighted by Crippen LogP contribution is 2.39. The lowest BCUT2D eigenvalue weighted by Gasteiger charge is -2.17. The van der Waals surface area contributed by atoms with E-state index in [2.05, 4.69) is 10.3 Å². The molecule has 0 unspecified atom stereocenters. The highest BCUT2D eigenvalue weighted by atomic mass is 35.5. The van der Waals surface area contributed by atoms with Crippen molar-refractivity contribution >= 4 is 35.1 Å². The summed E-state index contributed by atoms with van der Waals surface area (Å²) in [5.41, 5.74) is 2.83. The van der Waals surface area contributed by atoms with Crippen LogP contribution in [0.4, 0.5) is 0 Å². The van der Waals surface area contributed by atoms with Crippen molar-refractivity contribution in [2.75, 3.05) is 21.3 Å². The molecule has 1 N–H and O–H groups in total. The molecule has 1 amide bonds.